The summed E-state index contributed by atoms with van der Waals surface area (Å²) in [5, 5.41) is 14.7. The number of ketones is 1. The molecule has 0 unspecified atom stereocenters. The summed E-state index contributed by atoms with van der Waals surface area (Å²) in [6, 6.07) is 23.8. The molecule has 0 amide bonds. The molecule has 2 aromatic heterocycles. The van der Waals surface area contributed by atoms with Gasteiger partial charge in [-0.1, -0.05) is 124 Å². The van der Waals surface area contributed by atoms with Crippen molar-refractivity contribution in [3.05, 3.63) is 100 Å². The molecule has 5 rings (SSSR count). The first-order chi connectivity index (χ1) is 24.4. The van der Waals surface area contributed by atoms with E-state index in [4.69, 9.17) is 4.98 Å². The number of aryl methyl sites for hydroxylation is 2. The first-order valence-electron chi connectivity index (χ1n) is 19.3. The van der Waals surface area contributed by atoms with Crippen molar-refractivity contribution < 1.29 is 30.0 Å². The Labute approximate surface area is 338 Å². The van der Waals surface area contributed by atoms with E-state index in [2.05, 4.69) is 115 Å². The van der Waals surface area contributed by atoms with E-state index in [0.717, 1.165) is 54.3 Å². The van der Waals surface area contributed by atoms with Crippen molar-refractivity contribution in [1.82, 2.24) is 4.98 Å². The quantitative estimate of drug-likeness (QED) is 0.0816. The number of carbonyl (C=O) groups is 1. The number of aliphatic hydroxyl groups is 1. The number of carbonyl (C=O) groups excluding carboxylic acids is 1. The van der Waals surface area contributed by atoms with Gasteiger partial charge in [0.25, 0.3) is 0 Å². The molecule has 0 atom stereocenters. The first kappa shape index (κ1) is 44.3. The van der Waals surface area contributed by atoms with Crippen molar-refractivity contribution >= 4 is 38.1 Å². The standard InChI is InChI=1S/C33H34NS.C15H28O2.Ir/c1-20(2)14-23-15-21(3)31(22(4)16-23)27-19-30(34-29-12-13-35-32(27)29)25-17-24-10-8-9-11-26(24)28(18-25)33(5,6)7;1-7-14(5,8-2)12(16)11-13(17)15(6,9-3)10-4;/h8-13,15-16,18-20H,14H2,1-7H3;11,16H,7-10H2,1-6H3;/q-1;;/b;12-11-;. The van der Waals surface area contributed by atoms with Crippen LogP contribution in [0.25, 0.3) is 43.4 Å². The largest absolute Gasteiger partial charge is 0.512 e. The van der Waals surface area contributed by atoms with Gasteiger partial charge in [0.2, 0.25) is 0 Å². The van der Waals surface area contributed by atoms with Crippen LogP contribution in [0.1, 0.15) is 124 Å². The Morgan fingerprint density at radius 3 is 2.00 bits per heavy atom. The Balaban J connectivity index is 0.000000359. The number of rotatable bonds is 11. The van der Waals surface area contributed by atoms with Crippen molar-refractivity contribution in [2.75, 3.05) is 0 Å². The van der Waals surface area contributed by atoms with Gasteiger partial charge in [0.1, 0.15) is 5.76 Å². The third-order valence-electron chi connectivity index (χ3n) is 11.4. The molecule has 0 aliphatic rings. The average molecular weight is 909 g/mol. The maximum absolute atomic E-state index is 12.2. The molecule has 1 radical (unpaired) electrons. The van der Waals surface area contributed by atoms with Crippen molar-refractivity contribution in [2.24, 2.45) is 16.7 Å². The Kier molecular flexibility index (Phi) is 15.1. The fourth-order valence-electron chi connectivity index (χ4n) is 7.02. The molecular formula is C48H62IrNO2S-. The molecule has 0 fully saturated rings. The monoisotopic (exact) mass is 909 g/mol. The number of thiophene rings is 1. The first-order valence-corrected chi connectivity index (χ1v) is 20.2. The number of nitrogens with zero attached hydrogens (tertiary/aromatic N) is 1. The SMILES string of the molecule is CCC(C)(CC)C(=O)/C=C(\O)C(C)(CC)CC.Cc1cc(CC(C)C)cc(C)c1-c1cc(-c2[c-]c3ccccc3c(C(C)(C)C)c2)nc2ccsc12.[Ir]. The van der Waals surface area contributed by atoms with E-state index >= 15 is 0 Å². The molecular weight excluding hydrogens is 847 g/mol. The molecule has 1 N–H and O–H groups in total. The topological polar surface area (TPSA) is 50.2 Å². The van der Waals surface area contributed by atoms with E-state index in [9.17, 15) is 9.90 Å². The van der Waals surface area contributed by atoms with Crippen molar-refractivity contribution in [3.8, 4) is 22.4 Å². The van der Waals surface area contributed by atoms with Gasteiger partial charge in [-0.3, -0.25) is 9.78 Å². The molecule has 0 bridgehead atoms. The molecule has 0 saturated carbocycles. The maximum atomic E-state index is 12.2. The Bertz CT molecular complexity index is 2030. The molecule has 5 aromatic rings. The van der Waals surface area contributed by atoms with Crippen LogP contribution >= 0.6 is 11.3 Å². The second-order valence-corrected chi connectivity index (χ2v) is 17.6. The van der Waals surface area contributed by atoms with Gasteiger partial charge in [-0.25, -0.2) is 0 Å². The Morgan fingerprint density at radius 1 is 0.868 bits per heavy atom. The van der Waals surface area contributed by atoms with E-state index in [-0.39, 0.29) is 47.9 Å². The smallest absolute Gasteiger partial charge is 0.164 e. The van der Waals surface area contributed by atoms with Crippen molar-refractivity contribution in [3.63, 3.8) is 0 Å². The molecule has 0 aliphatic carbocycles. The summed E-state index contributed by atoms with van der Waals surface area (Å²) in [4.78, 5) is 17.3. The fourth-order valence-corrected chi connectivity index (χ4v) is 7.87. The van der Waals surface area contributed by atoms with Crippen LogP contribution in [0, 0.1) is 36.7 Å². The number of fused-ring (bicyclic) bond motifs is 2. The third kappa shape index (κ3) is 9.96. The zero-order valence-electron chi connectivity index (χ0n) is 34.5. The van der Waals surface area contributed by atoms with Crippen LogP contribution in [-0.4, -0.2) is 15.9 Å². The molecule has 287 valence electrons. The van der Waals surface area contributed by atoms with Gasteiger partial charge in [0, 0.05) is 42.7 Å². The summed E-state index contributed by atoms with van der Waals surface area (Å²) in [5.74, 6) is 0.936. The number of aromatic nitrogens is 1. The van der Waals surface area contributed by atoms with Crippen LogP contribution in [0.4, 0.5) is 0 Å². The summed E-state index contributed by atoms with van der Waals surface area (Å²) < 4.78 is 1.26. The van der Waals surface area contributed by atoms with E-state index in [1.165, 1.54) is 49.5 Å². The van der Waals surface area contributed by atoms with Gasteiger partial charge in [-0.05, 0) is 96.5 Å². The molecule has 5 heteroatoms. The predicted molar refractivity (Wildman–Crippen MR) is 227 cm³/mol. The minimum absolute atomic E-state index is 0. The number of pyridine rings is 1. The minimum Gasteiger partial charge on any atom is -0.512 e. The van der Waals surface area contributed by atoms with Gasteiger partial charge in [0.05, 0.1) is 10.2 Å². The summed E-state index contributed by atoms with van der Waals surface area (Å²) in [6.45, 7) is 28.0. The van der Waals surface area contributed by atoms with Crippen molar-refractivity contribution in [1.29, 1.82) is 0 Å². The third-order valence-corrected chi connectivity index (χ3v) is 12.3. The summed E-state index contributed by atoms with van der Waals surface area (Å²) in [7, 11) is 0. The molecule has 0 saturated heterocycles. The van der Waals surface area contributed by atoms with Crippen LogP contribution in [0.3, 0.4) is 0 Å². The van der Waals surface area contributed by atoms with Crippen LogP contribution < -0.4 is 0 Å². The zero-order valence-corrected chi connectivity index (χ0v) is 37.7. The van der Waals surface area contributed by atoms with Gasteiger partial charge in [0.15, 0.2) is 5.78 Å². The number of hydrogen-bond acceptors (Lipinski definition) is 4. The normalized spacial score (nSPS) is 12.5. The minimum atomic E-state index is -0.337. The fraction of sp³-hybridized carbons (Fsp3) is 0.458. The Hall–Kier alpha value is -3.11. The van der Waals surface area contributed by atoms with Crippen LogP contribution in [0.2, 0.25) is 0 Å². The zero-order chi connectivity index (χ0) is 38.6. The predicted octanol–water partition coefficient (Wildman–Crippen LogP) is 14.3. The Morgan fingerprint density at radius 2 is 1.45 bits per heavy atom. The van der Waals surface area contributed by atoms with Gasteiger partial charge >= 0.3 is 0 Å². The molecule has 3 aromatic carbocycles. The molecule has 53 heavy (non-hydrogen) atoms. The second kappa shape index (κ2) is 18.0. The molecule has 3 nitrogen and oxygen atoms in total. The van der Waals surface area contributed by atoms with Crippen molar-refractivity contribution in [2.45, 2.75) is 128 Å². The van der Waals surface area contributed by atoms with E-state index in [1.54, 1.807) is 11.3 Å². The van der Waals surface area contributed by atoms with Gasteiger partial charge in [-0.2, -0.15) is 0 Å². The van der Waals surface area contributed by atoms with Crippen LogP contribution in [-0.2, 0) is 36.7 Å². The number of allylic oxidation sites excluding steroid dienone is 2. The summed E-state index contributed by atoms with van der Waals surface area (Å²) in [6.07, 6.45) is 5.86. The van der Waals surface area contributed by atoms with E-state index < -0.39 is 0 Å². The number of hydrogen-bond donors (Lipinski definition) is 1. The maximum Gasteiger partial charge on any atom is 0.164 e. The molecule has 0 spiro atoms. The molecule has 0 aliphatic heterocycles. The van der Waals surface area contributed by atoms with Gasteiger partial charge in [-0.15, -0.1) is 40.5 Å². The summed E-state index contributed by atoms with van der Waals surface area (Å²) >= 11 is 1.78. The molecule has 2 heterocycles. The summed E-state index contributed by atoms with van der Waals surface area (Å²) in [5.41, 5.74) is 10.6. The van der Waals surface area contributed by atoms with Gasteiger partial charge < -0.3 is 5.11 Å². The number of aliphatic hydroxyl groups excluding tert-OH is 1. The van der Waals surface area contributed by atoms with E-state index in [0.29, 0.717) is 5.92 Å². The van der Waals surface area contributed by atoms with E-state index in [1.807, 2.05) is 41.5 Å². The van der Waals surface area contributed by atoms with Crippen LogP contribution in [0.15, 0.2) is 71.8 Å². The van der Waals surface area contributed by atoms with Crippen LogP contribution in [0.5, 0.6) is 0 Å². The number of benzene rings is 3. The average Bonchev–Trinajstić information content (AvgIpc) is 3.58. The second-order valence-electron chi connectivity index (χ2n) is 16.7.